The maximum absolute atomic E-state index is 13.5. The number of nitrogens with one attached hydrogen (secondary N) is 1. The Balaban J connectivity index is 1.43. The van der Waals surface area contributed by atoms with Gasteiger partial charge in [0.1, 0.15) is 30.5 Å². The summed E-state index contributed by atoms with van der Waals surface area (Å²) in [6, 6.07) is -0.875. The third-order valence-corrected chi connectivity index (χ3v) is 16.2. The summed E-state index contributed by atoms with van der Waals surface area (Å²) in [5.41, 5.74) is 2.38. The Morgan fingerprint density at radius 3 is 1.64 bits per heavy atom. The molecule has 3 rings (SSSR count). The van der Waals surface area contributed by atoms with Crippen molar-refractivity contribution in [2.24, 2.45) is 23.7 Å². The van der Waals surface area contributed by atoms with Gasteiger partial charge in [-0.05, 0) is 102 Å². The predicted octanol–water partition coefficient (Wildman–Crippen LogP) is 13.7. The molecule has 72 heavy (non-hydrogen) atoms. The smallest absolute Gasteiger partial charge is 0.249 e. The molecule has 10 nitrogen and oxygen atoms in total. The molecule has 10 heteroatoms. The van der Waals surface area contributed by atoms with Crippen molar-refractivity contribution in [1.29, 1.82) is 0 Å². The van der Waals surface area contributed by atoms with Crippen molar-refractivity contribution in [2.45, 2.75) is 308 Å². The molecular formula is C62H113NO9. The summed E-state index contributed by atoms with van der Waals surface area (Å²) < 4.78 is 18.2. The number of carbonyl (C=O) groups is 1. The van der Waals surface area contributed by atoms with E-state index in [1.807, 2.05) is 13.0 Å². The number of ether oxygens (including phenoxy) is 3. The molecule has 5 unspecified atom stereocenters. The van der Waals surface area contributed by atoms with Gasteiger partial charge < -0.3 is 45.1 Å². The number of rotatable bonds is 47. The molecule has 0 aromatic heterocycles. The summed E-state index contributed by atoms with van der Waals surface area (Å²) in [7, 11) is 0. The van der Waals surface area contributed by atoms with E-state index in [4.69, 9.17) is 14.2 Å². The Kier molecular flexibility index (Phi) is 36.5. The van der Waals surface area contributed by atoms with E-state index in [0.717, 1.165) is 67.8 Å². The van der Waals surface area contributed by atoms with Crippen molar-refractivity contribution in [1.82, 2.24) is 5.32 Å². The second-order valence-corrected chi connectivity index (χ2v) is 23.1. The number of amides is 1. The number of hydrogen-bond acceptors (Lipinski definition) is 9. The molecule has 1 heterocycles. The highest BCUT2D eigenvalue weighted by molar-refractivity contribution is 5.80. The lowest BCUT2D eigenvalue weighted by atomic mass is 9.99. The molecule has 1 saturated heterocycles. The first kappa shape index (κ1) is 64.7. The zero-order valence-electron chi connectivity index (χ0n) is 47.0. The first-order valence-electron chi connectivity index (χ1n) is 30.4. The first-order chi connectivity index (χ1) is 35.0. The van der Waals surface area contributed by atoms with Gasteiger partial charge in [0.05, 0.1) is 32.0 Å². The highest BCUT2D eigenvalue weighted by atomic mass is 16.7. The normalized spacial score (nSPS) is 25.4. The molecule has 0 aromatic carbocycles. The van der Waals surface area contributed by atoms with Crippen molar-refractivity contribution in [3.63, 3.8) is 0 Å². The Labute approximate surface area is 441 Å². The zero-order valence-corrected chi connectivity index (χ0v) is 47.0. The van der Waals surface area contributed by atoms with E-state index in [9.17, 15) is 30.3 Å². The average molecular weight is 1020 g/mol. The van der Waals surface area contributed by atoms with Gasteiger partial charge in [0.15, 0.2) is 6.29 Å². The lowest BCUT2D eigenvalue weighted by Crippen LogP contribution is -2.61. The first-order valence-corrected chi connectivity index (χ1v) is 30.4. The minimum Gasteiger partial charge on any atom is -0.394 e. The number of aliphatic hydroxyl groups excluding tert-OH is 5. The zero-order chi connectivity index (χ0) is 52.2. The van der Waals surface area contributed by atoms with Crippen molar-refractivity contribution in [2.75, 3.05) is 19.8 Å². The van der Waals surface area contributed by atoms with Crippen LogP contribution < -0.4 is 5.32 Å². The van der Waals surface area contributed by atoms with Crippen LogP contribution in [0.3, 0.4) is 0 Å². The lowest BCUT2D eigenvalue weighted by Gasteiger charge is -2.42. The minimum absolute atomic E-state index is 0.145. The summed E-state index contributed by atoms with van der Waals surface area (Å²) in [4.78, 5) is 13.5. The molecule has 1 amide bonds. The Morgan fingerprint density at radius 1 is 0.611 bits per heavy atom. The molecule has 6 N–H and O–H groups in total. The molecule has 3 aliphatic rings. The number of carbonyl (C=O) groups excluding carboxylic acids is 1. The fourth-order valence-corrected chi connectivity index (χ4v) is 11.0. The van der Waals surface area contributed by atoms with Crippen molar-refractivity contribution >= 4 is 5.91 Å². The molecule has 0 spiro atoms. The van der Waals surface area contributed by atoms with Crippen LogP contribution in [0.5, 0.6) is 0 Å². The second kappa shape index (κ2) is 40.6. The van der Waals surface area contributed by atoms with E-state index in [0.29, 0.717) is 12.8 Å². The maximum Gasteiger partial charge on any atom is 0.249 e. The van der Waals surface area contributed by atoms with Gasteiger partial charge in [-0.25, -0.2) is 0 Å². The van der Waals surface area contributed by atoms with E-state index in [-0.39, 0.29) is 19.6 Å². The van der Waals surface area contributed by atoms with Crippen LogP contribution in [0.15, 0.2) is 35.5 Å². The minimum atomic E-state index is -1.41. The Morgan fingerprint density at radius 2 is 1.11 bits per heavy atom. The van der Waals surface area contributed by atoms with Crippen molar-refractivity contribution < 1.29 is 44.5 Å². The van der Waals surface area contributed by atoms with Crippen LogP contribution in [0.4, 0.5) is 0 Å². The van der Waals surface area contributed by atoms with Crippen LogP contribution >= 0.6 is 0 Å². The molecular weight excluding hydrogens is 903 g/mol. The van der Waals surface area contributed by atoms with E-state index in [1.165, 1.54) is 173 Å². The standard InChI is InChI=1S/C62H113NO9/c1-6-8-10-12-14-16-21-27-36-50-44-52(50)38-29-23-18-19-25-32-41-56(66)61(69)63-54(55(65)40-31-26-20-24-30-39-53-45-51(53)37-28-22-17-15-13-11-9-7-2)47-71-62-60(59(68)58(67)57(46-64)72-62)70-43-42-49(5)35-33-34-48(3)4/h19,25,34,42,50-60,62,64-68H,6-18,20-24,26-33,35-41,43-47H2,1-5H3,(H,63,69)/b25-19-,49-42+/t50-,51-,52+,53+,54-,55+,56+,57?,58?,59?,60?,62?/m0/s1. The lowest BCUT2D eigenvalue weighted by molar-refractivity contribution is -0.310. The fourth-order valence-electron chi connectivity index (χ4n) is 11.0. The van der Waals surface area contributed by atoms with Gasteiger partial charge in [-0.3, -0.25) is 4.79 Å². The molecule has 0 radical (unpaired) electrons. The predicted molar refractivity (Wildman–Crippen MR) is 297 cm³/mol. The number of aliphatic hydroxyl groups is 5. The van der Waals surface area contributed by atoms with Gasteiger partial charge in [-0.15, -0.1) is 0 Å². The van der Waals surface area contributed by atoms with Crippen LogP contribution in [-0.4, -0.2) is 100 Å². The van der Waals surface area contributed by atoms with E-state index < -0.39 is 61.5 Å². The summed E-state index contributed by atoms with van der Waals surface area (Å²) in [6.07, 6.45) is 42.2. The van der Waals surface area contributed by atoms with E-state index in [1.54, 1.807) is 0 Å². The van der Waals surface area contributed by atoms with E-state index in [2.05, 4.69) is 51.2 Å². The third-order valence-electron chi connectivity index (χ3n) is 16.2. The Bertz CT molecular complexity index is 1430. The molecule has 12 atom stereocenters. The van der Waals surface area contributed by atoms with Crippen molar-refractivity contribution in [3.8, 4) is 0 Å². The average Bonchev–Trinajstić information content (AvgIpc) is 4.30. The monoisotopic (exact) mass is 1020 g/mol. The molecule has 0 bridgehead atoms. The van der Waals surface area contributed by atoms with Gasteiger partial charge >= 0.3 is 0 Å². The summed E-state index contributed by atoms with van der Waals surface area (Å²) >= 11 is 0. The van der Waals surface area contributed by atoms with Gasteiger partial charge in [0, 0.05) is 0 Å². The van der Waals surface area contributed by atoms with Crippen LogP contribution in [0.1, 0.15) is 259 Å². The number of allylic oxidation sites excluding steroid dienone is 5. The Hall–Kier alpha value is -1.63. The fraction of sp³-hybridized carbons (Fsp3) is 0.887. The quantitative estimate of drug-likeness (QED) is 0.0258. The van der Waals surface area contributed by atoms with Gasteiger partial charge in [-0.2, -0.15) is 0 Å². The van der Waals surface area contributed by atoms with Crippen LogP contribution in [-0.2, 0) is 19.0 Å². The molecule has 1 aliphatic heterocycles. The molecule has 2 saturated carbocycles. The largest absolute Gasteiger partial charge is 0.394 e. The topological polar surface area (TPSA) is 158 Å². The van der Waals surface area contributed by atoms with Gasteiger partial charge in [0.2, 0.25) is 5.91 Å². The summed E-state index contributed by atoms with van der Waals surface area (Å²) in [6.45, 7) is 10.1. The summed E-state index contributed by atoms with van der Waals surface area (Å²) in [5, 5.41) is 57.3. The van der Waals surface area contributed by atoms with Crippen LogP contribution in [0.25, 0.3) is 0 Å². The summed E-state index contributed by atoms with van der Waals surface area (Å²) in [5.74, 6) is 3.20. The highest BCUT2D eigenvalue weighted by Gasteiger charge is 2.46. The van der Waals surface area contributed by atoms with Crippen LogP contribution in [0, 0.1) is 23.7 Å². The molecule has 0 aromatic rings. The SMILES string of the molecule is CCCCCCCCCC[C@H]1C[C@H]1CCCC/C=C\CC[C@@H](O)C(=O)N[C@@H](COC1OC(CO)C(O)C(O)C1OC/C=C(\C)CCC=C(C)C)[C@H](O)CCCCCCC[C@@H]1C[C@@H]1CCCCCCCCCC. The number of unbranched alkanes of at least 4 members (excludes halogenated alkanes) is 20. The second-order valence-electron chi connectivity index (χ2n) is 23.1. The number of hydrogen-bond donors (Lipinski definition) is 6. The molecule has 420 valence electrons. The maximum atomic E-state index is 13.5. The van der Waals surface area contributed by atoms with E-state index >= 15 is 0 Å². The molecule has 2 aliphatic carbocycles. The van der Waals surface area contributed by atoms with Gasteiger partial charge in [0.25, 0.3) is 0 Å². The van der Waals surface area contributed by atoms with Crippen LogP contribution in [0.2, 0.25) is 0 Å². The van der Waals surface area contributed by atoms with Gasteiger partial charge in [-0.1, -0.05) is 216 Å². The third kappa shape index (κ3) is 29.6. The highest BCUT2D eigenvalue weighted by Crippen LogP contribution is 2.46. The van der Waals surface area contributed by atoms with Crippen molar-refractivity contribution in [3.05, 3.63) is 35.5 Å². The molecule has 3 fully saturated rings.